The first-order valence-corrected chi connectivity index (χ1v) is 8.01. The topological polar surface area (TPSA) is 43.6 Å². The van der Waals surface area contributed by atoms with Crippen LogP contribution >= 0.6 is 11.8 Å². The predicted molar refractivity (Wildman–Crippen MR) is 87.0 cm³/mol. The Morgan fingerprint density at radius 2 is 1.95 bits per heavy atom. The Morgan fingerprint density at radius 3 is 2.67 bits per heavy atom. The van der Waals surface area contributed by atoms with Gasteiger partial charge in [0.25, 0.3) is 0 Å². The van der Waals surface area contributed by atoms with Gasteiger partial charge in [0.1, 0.15) is 10.5 Å². The summed E-state index contributed by atoms with van der Waals surface area (Å²) in [6, 6.07) is 10.2. The number of aryl methyl sites for hydroxylation is 1. The molecule has 0 aliphatic heterocycles. The van der Waals surface area contributed by atoms with Gasteiger partial charge in [-0.15, -0.1) is 5.10 Å². The van der Waals surface area contributed by atoms with Gasteiger partial charge in [0.15, 0.2) is 0 Å². The van der Waals surface area contributed by atoms with Crippen molar-refractivity contribution in [2.75, 3.05) is 0 Å². The van der Waals surface area contributed by atoms with Crippen molar-refractivity contribution in [3.05, 3.63) is 42.2 Å². The van der Waals surface area contributed by atoms with Crippen LogP contribution in [-0.4, -0.2) is 25.2 Å². The third kappa shape index (κ3) is 2.65. The zero-order valence-electron chi connectivity index (χ0n) is 12.4. The summed E-state index contributed by atoms with van der Waals surface area (Å²) in [4.78, 5) is 0. The number of benzene rings is 1. The van der Waals surface area contributed by atoms with Crippen LogP contribution in [0.25, 0.3) is 16.6 Å². The van der Waals surface area contributed by atoms with Crippen molar-refractivity contribution < 1.29 is 0 Å². The van der Waals surface area contributed by atoms with E-state index in [9.17, 15) is 0 Å². The van der Waals surface area contributed by atoms with Crippen LogP contribution in [0, 0.1) is 6.92 Å². The summed E-state index contributed by atoms with van der Waals surface area (Å²) in [5, 5.41) is 15.7. The number of hydrogen-bond acceptors (Lipinski definition) is 4. The van der Waals surface area contributed by atoms with E-state index in [1.165, 1.54) is 0 Å². The molecular weight excluding hydrogens is 280 g/mol. The first-order chi connectivity index (χ1) is 10.2. The second-order valence-electron chi connectivity index (χ2n) is 5.08. The van der Waals surface area contributed by atoms with Gasteiger partial charge in [0.2, 0.25) is 0 Å². The first-order valence-electron chi connectivity index (χ1n) is 7.13. The lowest BCUT2D eigenvalue weighted by atomic mass is 10.3. The van der Waals surface area contributed by atoms with E-state index in [4.69, 9.17) is 0 Å². The normalized spacial score (nSPS) is 12.7. The van der Waals surface area contributed by atoms with Gasteiger partial charge in [-0.1, -0.05) is 43.8 Å². The van der Waals surface area contributed by atoms with Crippen LogP contribution in [0.4, 0.5) is 0 Å². The summed E-state index contributed by atoms with van der Waals surface area (Å²) in [6.45, 7) is 6.37. The molecule has 0 saturated heterocycles. The van der Waals surface area contributed by atoms with Crippen LogP contribution in [0.5, 0.6) is 0 Å². The molecule has 0 unspecified atom stereocenters. The zero-order chi connectivity index (χ0) is 14.8. The van der Waals surface area contributed by atoms with Gasteiger partial charge in [-0.25, -0.2) is 4.68 Å². The van der Waals surface area contributed by atoms with E-state index in [1.807, 2.05) is 36.0 Å². The van der Waals surface area contributed by atoms with Crippen molar-refractivity contribution in [1.29, 1.82) is 0 Å². The molecule has 0 spiro atoms. The Balaban J connectivity index is 2.20. The lowest BCUT2D eigenvalue weighted by Gasteiger charge is -2.10. The quantitative estimate of drug-likeness (QED) is 0.682. The maximum absolute atomic E-state index is 4.54. The summed E-state index contributed by atoms with van der Waals surface area (Å²) in [6.07, 6.45) is 2.98. The molecule has 21 heavy (non-hydrogen) atoms. The maximum atomic E-state index is 4.54. The molecule has 0 aliphatic carbocycles. The number of rotatable bonds is 4. The monoisotopic (exact) mass is 298 g/mol. The Bertz CT molecular complexity index is 752. The number of para-hydroxylation sites is 1. The molecule has 0 saturated carbocycles. The van der Waals surface area contributed by atoms with Crippen molar-refractivity contribution in [3.63, 3.8) is 0 Å². The van der Waals surface area contributed by atoms with Crippen LogP contribution in [0.15, 0.2) is 41.6 Å². The molecule has 0 bridgehead atoms. The smallest absolute Gasteiger partial charge is 0.145 e. The summed E-state index contributed by atoms with van der Waals surface area (Å²) in [7, 11) is 0. The molecule has 3 aromatic rings. The van der Waals surface area contributed by atoms with Gasteiger partial charge < -0.3 is 0 Å². The molecule has 0 N–H and O–H groups in total. The molecular formula is C16H18N4S. The van der Waals surface area contributed by atoms with Crippen molar-refractivity contribution >= 4 is 22.7 Å². The first kappa shape index (κ1) is 14.1. The van der Waals surface area contributed by atoms with E-state index >= 15 is 0 Å². The van der Waals surface area contributed by atoms with Gasteiger partial charge in [0, 0.05) is 10.6 Å². The second kappa shape index (κ2) is 5.85. The molecule has 2 heterocycles. The summed E-state index contributed by atoms with van der Waals surface area (Å²) >= 11 is 1.76. The molecule has 0 amide bonds. The highest BCUT2D eigenvalue weighted by Gasteiger charge is 2.16. The van der Waals surface area contributed by atoms with E-state index in [1.54, 1.807) is 11.8 Å². The number of nitrogens with zero attached hydrogens (tertiary/aromatic N) is 4. The third-order valence-electron chi connectivity index (χ3n) is 3.54. The number of hydrogen-bond donors (Lipinski definition) is 0. The highest BCUT2D eigenvalue weighted by atomic mass is 32.2. The van der Waals surface area contributed by atoms with E-state index < -0.39 is 0 Å². The van der Waals surface area contributed by atoms with E-state index in [0.717, 1.165) is 33.7 Å². The van der Waals surface area contributed by atoms with Crippen LogP contribution in [-0.2, 0) is 0 Å². The molecule has 4 nitrogen and oxygen atoms in total. The molecule has 5 heteroatoms. The minimum absolute atomic E-state index is 0.504. The van der Waals surface area contributed by atoms with Crippen LogP contribution in [0.2, 0.25) is 0 Å². The van der Waals surface area contributed by atoms with Gasteiger partial charge in [-0.3, -0.25) is 0 Å². The largest absolute Gasteiger partial charge is 0.230 e. The fourth-order valence-electron chi connectivity index (χ4n) is 2.16. The van der Waals surface area contributed by atoms with E-state index in [2.05, 4.69) is 41.3 Å². The lowest BCUT2D eigenvalue weighted by molar-refractivity contribution is 0.856. The molecule has 108 valence electrons. The molecule has 0 fully saturated rings. The molecule has 0 aliphatic rings. The van der Waals surface area contributed by atoms with Gasteiger partial charge in [-0.05, 0) is 25.5 Å². The van der Waals surface area contributed by atoms with Crippen molar-refractivity contribution in [2.24, 2.45) is 0 Å². The number of aromatic nitrogens is 4. The third-order valence-corrected chi connectivity index (χ3v) is 4.77. The van der Waals surface area contributed by atoms with E-state index in [-0.39, 0.29) is 0 Å². The molecule has 0 radical (unpaired) electrons. The standard InChI is InChI=1S/C16H18N4S/c1-4-11(2)21-16-15-14(12(3)18-19-16)10-17-20(15)13-8-6-5-7-9-13/h5-11H,4H2,1-3H3/t11-/m0/s1. The fourth-order valence-corrected chi connectivity index (χ4v) is 3.10. The van der Waals surface area contributed by atoms with Gasteiger partial charge >= 0.3 is 0 Å². The molecule has 1 atom stereocenters. The fraction of sp³-hybridized carbons (Fsp3) is 0.312. The number of thioether (sulfide) groups is 1. The van der Waals surface area contributed by atoms with Crippen LogP contribution in [0.1, 0.15) is 26.0 Å². The average molecular weight is 298 g/mol. The van der Waals surface area contributed by atoms with Crippen molar-refractivity contribution in [2.45, 2.75) is 37.5 Å². The molecule has 2 aromatic heterocycles. The Morgan fingerprint density at radius 1 is 1.19 bits per heavy atom. The highest BCUT2D eigenvalue weighted by molar-refractivity contribution is 8.00. The highest BCUT2D eigenvalue weighted by Crippen LogP contribution is 2.31. The summed E-state index contributed by atoms with van der Waals surface area (Å²) < 4.78 is 1.96. The second-order valence-corrected chi connectivity index (χ2v) is 6.51. The average Bonchev–Trinajstić information content (AvgIpc) is 2.97. The molecule has 3 rings (SSSR count). The predicted octanol–water partition coefficient (Wildman–Crippen LogP) is 4.01. The Labute approximate surface area is 128 Å². The Kier molecular flexibility index (Phi) is 3.92. The lowest BCUT2D eigenvalue weighted by Crippen LogP contribution is -2.02. The Hall–Kier alpha value is -1.88. The molecule has 1 aromatic carbocycles. The SMILES string of the molecule is CC[C@H](C)Sc1nnc(C)c2cnn(-c3ccccc3)c12. The van der Waals surface area contributed by atoms with Gasteiger partial charge in [0.05, 0.1) is 17.6 Å². The number of fused-ring (bicyclic) bond motifs is 1. The van der Waals surface area contributed by atoms with Gasteiger partial charge in [-0.2, -0.15) is 10.2 Å². The zero-order valence-corrected chi connectivity index (χ0v) is 13.3. The summed E-state index contributed by atoms with van der Waals surface area (Å²) in [5.74, 6) is 0. The maximum Gasteiger partial charge on any atom is 0.145 e. The minimum Gasteiger partial charge on any atom is -0.230 e. The van der Waals surface area contributed by atoms with Crippen molar-refractivity contribution in [1.82, 2.24) is 20.0 Å². The van der Waals surface area contributed by atoms with E-state index in [0.29, 0.717) is 5.25 Å². The summed E-state index contributed by atoms with van der Waals surface area (Å²) in [5.41, 5.74) is 3.02. The minimum atomic E-state index is 0.504. The van der Waals surface area contributed by atoms with Crippen LogP contribution < -0.4 is 0 Å². The van der Waals surface area contributed by atoms with Crippen molar-refractivity contribution in [3.8, 4) is 5.69 Å². The van der Waals surface area contributed by atoms with Crippen LogP contribution in [0.3, 0.4) is 0 Å².